The molecule has 0 aliphatic heterocycles. The molecule has 1 aromatic carbocycles. The van der Waals surface area contributed by atoms with Crippen LogP contribution in [0.4, 0.5) is 11.4 Å². The Labute approximate surface area is 125 Å². The molecule has 0 amide bonds. The van der Waals surface area contributed by atoms with Crippen LogP contribution >= 0.6 is 15.9 Å². The van der Waals surface area contributed by atoms with Gasteiger partial charge in [-0.15, -0.1) is 0 Å². The Balaban J connectivity index is 1.81. The molecule has 0 spiro atoms. The van der Waals surface area contributed by atoms with Crippen molar-refractivity contribution >= 4 is 27.3 Å². The van der Waals surface area contributed by atoms with Crippen molar-refractivity contribution in [2.75, 3.05) is 11.9 Å². The van der Waals surface area contributed by atoms with Crippen LogP contribution in [0, 0.1) is 10.1 Å². The van der Waals surface area contributed by atoms with Crippen molar-refractivity contribution in [1.82, 2.24) is 9.55 Å². The topological polar surface area (TPSA) is 73.0 Å². The first-order valence-electron chi connectivity index (χ1n) is 6.30. The molecule has 7 heteroatoms. The van der Waals surface area contributed by atoms with Crippen molar-refractivity contribution in [2.45, 2.75) is 19.4 Å². The second kappa shape index (κ2) is 7.04. The highest BCUT2D eigenvalue weighted by Crippen LogP contribution is 2.27. The van der Waals surface area contributed by atoms with Gasteiger partial charge in [-0.25, -0.2) is 4.98 Å². The van der Waals surface area contributed by atoms with Gasteiger partial charge in [0.1, 0.15) is 5.69 Å². The van der Waals surface area contributed by atoms with Crippen molar-refractivity contribution in [3.63, 3.8) is 0 Å². The second-order valence-electron chi connectivity index (χ2n) is 4.35. The molecule has 106 valence electrons. The Morgan fingerprint density at radius 3 is 2.95 bits per heavy atom. The number of nitrogens with zero attached hydrogens (tertiary/aromatic N) is 3. The summed E-state index contributed by atoms with van der Waals surface area (Å²) in [4.78, 5) is 14.5. The molecule has 0 aliphatic rings. The van der Waals surface area contributed by atoms with Crippen LogP contribution in [-0.2, 0) is 6.54 Å². The van der Waals surface area contributed by atoms with E-state index in [-0.39, 0.29) is 10.6 Å². The van der Waals surface area contributed by atoms with Crippen LogP contribution in [0.2, 0.25) is 0 Å². The SMILES string of the molecule is O=[N+]([O-])c1ccc(Br)cc1NCCCCn1ccnc1. The predicted molar refractivity (Wildman–Crippen MR) is 80.7 cm³/mol. The standard InChI is InChI=1S/C13H15BrN4O2/c14-11-3-4-13(18(19)20)12(9-11)16-5-1-2-7-17-8-6-15-10-17/h3-4,6,8-10,16H,1-2,5,7H2. The third kappa shape index (κ3) is 4.06. The molecule has 0 radical (unpaired) electrons. The maximum Gasteiger partial charge on any atom is 0.292 e. The zero-order valence-electron chi connectivity index (χ0n) is 10.8. The second-order valence-corrected chi connectivity index (χ2v) is 5.27. The molecule has 1 N–H and O–H groups in total. The summed E-state index contributed by atoms with van der Waals surface area (Å²) in [5, 5.41) is 14.0. The number of nitro benzene ring substituents is 1. The molecular formula is C13H15BrN4O2. The zero-order valence-corrected chi connectivity index (χ0v) is 12.4. The van der Waals surface area contributed by atoms with E-state index in [2.05, 4.69) is 26.2 Å². The van der Waals surface area contributed by atoms with Gasteiger partial charge in [-0.05, 0) is 25.0 Å². The third-order valence-electron chi connectivity index (χ3n) is 2.87. The highest BCUT2D eigenvalue weighted by Gasteiger charge is 2.12. The molecule has 0 bridgehead atoms. The maximum absolute atomic E-state index is 10.9. The van der Waals surface area contributed by atoms with E-state index < -0.39 is 0 Å². The van der Waals surface area contributed by atoms with Gasteiger partial charge in [-0.1, -0.05) is 15.9 Å². The lowest BCUT2D eigenvalue weighted by Crippen LogP contribution is -2.05. The van der Waals surface area contributed by atoms with E-state index in [1.165, 1.54) is 6.07 Å². The number of aryl methyl sites for hydroxylation is 1. The first-order chi connectivity index (χ1) is 9.66. The largest absolute Gasteiger partial charge is 0.379 e. The normalized spacial score (nSPS) is 10.4. The van der Waals surface area contributed by atoms with Gasteiger partial charge in [-0.3, -0.25) is 10.1 Å². The molecule has 0 unspecified atom stereocenters. The van der Waals surface area contributed by atoms with E-state index in [1.807, 2.05) is 10.8 Å². The Bertz CT molecular complexity index is 572. The third-order valence-corrected chi connectivity index (χ3v) is 3.37. The van der Waals surface area contributed by atoms with Gasteiger partial charge in [-0.2, -0.15) is 0 Å². The summed E-state index contributed by atoms with van der Waals surface area (Å²) in [5.41, 5.74) is 0.648. The number of unbranched alkanes of at least 4 members (excludes halogenated alkanes) is 1. The van der Waals surface area contributed by atoms with E-state index >= 15 is 0 Å². The summed E-state index contributed by atoms with van der Waals surface area (Å²) in [6, 6.07) is 4.90. The average molecular weight is 339 g/mol. The number of benzene rings is 1. The molecule has 20 heavy (non-hydrogen) atoms. The number of anilines is 1. The summed E-state index contributed by atoms with van der Waals surface area (Å²) in [5.74, 6) is 0. The fourth-order valence-electron chi connectivity index (χ4n) is 1.87. The van der Waals surface area contributed by atoms with E-state index in [0.717, 1.165) is 23.9 Å². The molecule has 0 fully saturated rings. The van der Waals surface area contributed by atoms with Crippen molar-refractivity contribution < 1.29 is 4.92 Å². The van der Waals surface area contributed by atoms with Crippen LogP contribution in [0.25, 0.3) is 0 Å². The fraction of sp³-hybridized carbons (Fsp3) is 0.308. The smallest absolute Gasteiger partial charge is 0.292 e. The van der Waals surface area contributed by atoms with E-state index in [4.69, 9.17) is 0 Å². The van der Waals surface area contributed by atoms with Crippen molar-refractivity contribution in [3.05, 3.63) is 51.5 Å². The van der Waals surface area contributed by atoms with Crippen LogP contribution in [0.5, 0.6) is 0 Å². The average Bonchev–Trinajstić information content (AvgIpc) is 2.91. The minimum absolute atomic E-state index is 0.0998. The summed E-state index contributed by atoms with van der Waals surface area (Å²) in [7, 11) is 0. The lowest BCUT2D eigenvalue weighted by molar-refractivity contribution is -0.384. The Kier molecular flexibility index (Phi) is 5.11. The quantitative estimate of drug-likeness (QED) is 0.476. The molecular weight excluding hydrogens is 324 g/mol. The van der Waals surface area contributed by atoms with Crippen LogP contribution < -0.4 is 5.32 Å². The Hall–Kier alpha value is -1.89. The summed E-state index contributed by atoms with van der Waals surface area (Å²) >= 11 is 3.32. The van der Waals surface area contributed by atoms with Gasteiger partial charge in [0.05, 0.1) is 11.3 Å². The predicted octanol–water partition coefficient (Wildman–Crippen LogP) is 3.45. The summed E-state index contributed by atoms with van der Waals surface area (Å²) < 4.78 is 2.84. The van der Waals surface area contributed by atoms with Crippen LogP contribution in [0.15, 0.2) is 41.4 Å². The van der Waals surface area contributed by atoms with Crippen LogP contribution in [0.1, 0.15) is 12.8 Å². The van der Waals surface area contributed by atoms with Gasteiger partial charge in [0.15, 0.2) is 0 Å². The lowest BCUT2D eigenvalue weighted by atomic mass is 10.2. The highest BCUT2D eigenvalue weighted by atomic mass is 79.9. The van der Waals surface area contributed by atoms with E-state index in [0.29, 0.717) is 12.2 Å². The van der Waals surface area contributed by atoms with Gasteiger partial charge in [0.2, 0.25) is 0 Å². The van der Waals surface area contributed by atoms with Crippen molar-refractivity contribution in [3.8, 4) is 0 Å². The fourth-order valence-corrected chi connectivity index (χ4v) is 2.23. The van der Waals surface area contributed by atoms with E-state index in [1.54, 1.807) is 24.7 Å². The van der Waals surface area contributed by atoms with Crippen molar-refractivity contribution in [2.24, 2.45) is 0 Å². The molecule has 2 aromatic rings. The van der Waals surface area contributed by atoms with Crippen LogP contribution in [-0.4, -0.2) is 21.0 Å². The number of nitrogens with one attached hydrogen (secondary N) is 1. The van der Waals surface area contributed by atoms with E-state index in [9.17, 15) is 10.1 Å². The van der Waals surface area contributed by atoms with Gasteiger partial charge in [0.25, 0.3) is 5.69 Å². The summed E-state index contributed by atoms with van der Waals surface area (Å²) in [6.07, 6.45) is 7.38. The first kappa shape index (κ1) is 14.5. The molecule has 1 aromatic heterocycles. The minimum atomic E-state index is -0.375. The zero-order chi connectivity index (χ0) is 14.4. The lowest BCUT2D eigenvalue weighted by Gasteiger charge is -2.08. The molecule has 0 saturated heterocycles. The Morgan fingerprint density at radius 1 is 1.40 bits per heavy atom. The van der Waals surface area contributed by atoms with Crippen LogP contribution in [0.3, 0.4) is 0 Å². The highest BCUT2D eigenvalue weighted by molar-refractivity contribution is 9.10. The number of nitro groups is 1. The first-order valence-corrected chi connectivity index (χ1v) is 7.09. The number of rotatable bonds is 7. The Morgan fingerprint density at radius 2 is 2.25 bits per heavy atom. The number of halogens is 1. The molecule has 1 heterocycles. The molecule has 6 nitrogen and oxygen atoms in total. The molecule has 0 atom stereocenters. The van der Waals surface area contributed by atoms with Gasteiger partial charge < -0.3 is 9.88 Å². The molecule has 0 saturated carbocycles. The number of hydrogen-bond donors (Lipinski definition) is 1. The minimum Gasteiger partial charge on any atom is -0.379 e. The maximum atomic E-state index is 10.9. The van der Waals surface area contributed by atoms with Crippen molar-refractivity contribution in [1.29, 1.82) is 0 Å². The monoisotopic (exact) mass is 338 g/mol. The van der Waals surface area contributed by atoms with Gasteiger partial charge in [0, 0.05) is 36.0 Å². The van der Waals surface area contributed by atoms with Gasteiger partial charge >= 0.3 is 0 Å². The molecule has 2 rings (SSSR count). The number of hydrogen-bond acceptors (Lipinski definition) is 4. The number of aromatic nitrogens is 2. The number of imidazole rings is 1. The summed E-state index contributed by atoms with van der Waals surface area (Å²) in [6.45, 7) is 1.61. The molecule has 0 aliphatic carbocycles.